The van der Waals surface area contributed by atoms with Crippen LogP contribution in [0.25, 0.3) is 61.5 Å². The molecule has 0 radical (unpaired) electrons. The van der Waals surface area contributed by atoms with Gasteiger partial charge in [-0.25, -0.2) is 4.98 Å². The van der Waals surface area contributed by atoms with Crippen LogP contribution in [0, 0.1) is 0 Å². The van der Waals surface area contributed by atoms with Gasteiger partial charge in [0.25, 0.3) is 0 Å². The number of benzene rings is 2. The summed E-state index contributed by atoms with van der Waals surface area (Å²) in [5.74, 6) is 0. The van der Waals surface area contributed by atoms with Crippen LogP contribution in [0.1, 0.15) is 0 Å². The molecule has 2 aromatic carbocycles. The zero-order chi connectivity index (χ0) is 25.5. The molecule has 0 N–H and O–H groups in total. The average Bonchev–Trinajstić information content (AvgIpc) is 3.31. The maximum atomic E-state index is 4.92. The van der Waals surface area contributed by atoms with Gasteiger partial charge in [0, 0.05) is 34.1 Å². The number of rotatable bonds is 4. The van der Waals surface area contributed by atoms with Crippen LogP contribution >= 0.6 is 15.9 Å². The molecule has 0 unspecified atom stereocenters. The van der Waals surface area contributed by atoms with Crippen molar-refractivity contribution in [2.45, 2.75) is 0 Å². The second-order valence-corrected chi connectivity index (χ2v) is 9.89. The molecule has 0 spiro atoms. The minimum atomic E-state index is 0.805. The smallest absolute Gasteiger partial charge is 0.0963 e. The van der Waals surface area contributed by atoms with Crippen LogP contribution in [0.5, 0.6) is 0 Å². The van der Waals surface area contributed by atoms with E-state index >= 15 is 0 Å². The topological polar surface area (TPSA) is 56.5 Å². The highest BCUT2D eigenvalue weighted by atomic mass is 79.9. The molecule has 0 saturated heterocycles. The summed E-state index contributed by atoms with van der Waals surface area (Å²) in [6, 6.07) is 34.9. The van der Waals surface area contributed by atoms with Gasteiger partial charge in [-0.05, 0) is 90.0 Å². The number of pyridine rings is 4. The van der Waals surface area contributed by atoms with Crippen LogP contribution in [-0.2, 0) is 0 Å². The van der Waals surface area contributed by atoms with Crippen LogP contribution in [0.4, 0.5) is 0 Å². The molecule has 5 aromatic heterocycles. The molecule has 0 fully saturated rings. The first-order chi connectivity index (χ1) is 18.7. The van der Waals surface area contributed by atoms with Crippen LogP contribution < -0.4 is 0 Å². The molecule has 180 valence electrons. The van der Waals surface area contributed by atoms with Gasteiger partial charge in [0.2, 0.25) is 0 Å². The lowest BCUT2D eigenvalue weighted by atomic mass is 10.0. The summed E-state index contributed by atoms with van der Waals surface area (Å²) in [5.41, 5.74) is 9.58. The second kappa shape index (κ2) is 9.32. The highest BCUT2D eigenvalue weighted by Gasteiger charge is 2.15. The highest BCUT2D eigenvalue weighted by Crippen LogP contribution is 2.35. The molecule has 0 bridgehead atoms. The SMILES string of the molecule is Brc1ccc2c3ncccc3n(-c3cccc(-c4cc(-c5ccccn5)nc(-c5ccccn5)c4)c3)c2c1. The van der Waals surface area contributed by atoms with Crippen LogP contribution in [0.15, 0.2) is 126 Å². The highest BCUT2D eigenvalue weighted by molar-refractivity contribution is 9.10. The summed E-state index contributed by atoms with van der Waals surface area (Å²) in [7, 11) is 0. The molecule has 5 nitrogen and oxygen atoms in total. The Morgan fingerprint density at radius 3 is 1.97 bits per heavy atom. The summed E-state index contributed by atoms with van der Waals surface area (Å²) < 4.78 is 3.30. The van der Waals surface area contributed by atoms with Crippen molar-refractivity contribution in [1.29, 1.82) is 0 Å². The summed E-state index contributed by atoms with van der Waals surface area (Å²) in [4.78, 5) is 18.7. The zero-order valence-corrected chi connectivity index (χ0v) is 21.7. The van der Waals surface area contributed by atoms with Crippen molar-refractivity contribution in [3.05, 3.63) is 126 Å². The van der Waals surface area contributed by atoms with Crippen LogP contribution in [0.2, 0.25) is 0 Å². The summed E-state index contributed by atoms with van der Waals surface area (Å²) in [6.45, 7) is 0. The fraction of sp³-hybridized carbons (Fsp3) is 0. The quantitative estimate of drug-likeness (QED) is 0.221. The standard InChI is InChI=1S/C32H20BrN5/c33-23-12-13-25-31(20-23)38(30-11-6-16-36-32(25)30)24-8-5-7-21(17-24)22-18-28(26-9-1-3-14-34-26)37-29(19-22)27-10-2-4-15-35-27/h1-20H. The fourth-order valence-corrected chi connectivity index (χ4v) is 5.24. The van der Waals surface area contributed by atoms with E-state index in [1.807, 2.05) is 48.7 Å². The molecule has 0 atom stereocenters. The van der Waals surface area contributed by atoms with Gasteiger partial charge >= 0.3 is 0 Å². The zero-order valence-electron chi connectivity index (χ0n) is 20.2. The molecule has 0 amide bonds. The fourth-order valence-electron chi connectivity index (χ4n) is 4.90. The third kappa shape index (κ3) is 3.96. The third-order valence-corrected chi connectivity index (χ3v) is 7.09. The lowest BCUT2D eigenvalue weighted by Gasteiger charge is -2.12. The van der Waals surface area contributed by atoms with Crippen LogP contribution in [-0.4, -0.2) is 24.5 Å². The Morgan fingerprint density at radius 2 is 1.26 bits per heavy atom. The summed E-state index contributed by atoms with van der Waals surface area (Å²) in [5, 5.41) is 1.12. The monoisotopic (exact) mass is 553 g/mol. The molecule has 38 heavy (non-hydrogen) atoms. The van der Waals surface area contributed by atoms with E-state index in [2.05, 4.69) is 91.1 Å². The minimum absolute atomic E-state index is 0.805. The van der Waals surface area contributed by atoms with Crippen LogP contribution in [0.3, 0.4) is 0 Å². The van der Waals surface area contributed by atoms with E-state index in [-0.39, 0.29) is 0 Å². The predicted octanol–water partition coefficient (Wildman–Crippen LogP) is 8.13. The van der Waals surface area contributed by atoms with Gasteiger partial charge < -0.3 is 4.57 Å². The number of nitrogens with zero attached hydrogens (tertiary/aromatic N) is 5. The Hall–Kier alpha value is -4.68. The molecular formula is C32H20BrN5. The van der Waals surface area contributed by atoms with Crippen molar-refractivity contribution in [2.24, 2.45) is 0 Å². The number of halogens is 1. The maximum absolute atomic E-state index is 4.92. The van der Waals surface area contributed by atoms with Gasteiger partial charge in [0.05, 0.1) is 39.3 Å². The number of fused-ring (bicyclic) bond motifs is 3. The molecule has 5 heterocycles. The van der Waals surface area contributed by atoms with Crippen molar-refractivity contribution >= 4 is 37.9 Å². The van der Waals surface area contributed by atoms with Crippen molar-refractivity contribution in [2.75, 3.05) is 0 Å². The average molecular weight is 554 g/mol. The van der Waals surface area contributed by atoms with Crippen molar-refractivity contribution in [1.82, 2.24) is 24.5 Å². The van der Waals surface area contributed by atoms with Gasteiger partial charge in [0.1, 0.15) is 0 Å². The number of aromatic nitrogens is 5. The first-order valence-electron chi connectivity index (χ1n) is 12.2. The molecular weight excluding hydrogens is 534 g/mol. The van der Waals surface area contributed by atoms with E-state index in [4.69, 9.17) is 9.97 Å². The third-order valence-electron chi connectivity index (χ3n) is 6.60. The first-order valence-corrected chi connectivity index (χ1v) is 13.0. The van der Waals surface area contributed by atoms with Gasteiger partial charge in [-0.1, -0.05) is 40.2 Å². The maximum Gasteiger partial charge on any atom is 0.0963 e. The molecule has 0 aliphatic carbocycles. The van der Waals surface area contributed by atoms with E-state index in [0.29, 0.717) is 0 Å². The van der Waals surface area contributed by atoms with E-state index in [1.165, 1.54) is 0 Å². The normalized spacial score (nSPS) is 11.3. The lowest BCUT2D eigenvalue weighted by molar-refractivity contribution is 1.17. The van der Waals surface area contributed by atoms with E-state index < -0.39 is 0 Å². The Bertz CT molecular complexity index is 1870. The van der Waals surface area contributed by atoms with E-state index in [0.717, 1.165) is 66.0 Å². The van der Waals surface area contributed by atoms with Crippen molar-refractivity contribution in [3.8, 4) is 39.6 Å². The molecule has 0 aliphatic rings. The van der Waals surface area contributed by atoms with E-state index in [1.54, 1.807) is 12.4 Å². The second-order valence-electron chi connectivity index (χ2n) is 8.97. The first kappa shape index (κ1) is 22.5. The number of hydrogen-bond acceptors (Lipinski definition) is 4. The molecule has 0 saturated carbocycles. The predicted molar refractivity (Wildman–Crippen MR) is 156 cm³/mol. The molecule has 7 rings (SSSR count). The van der Waals surface area contributed by atoms with Crippen molar-refractivity contribution in [3.63, 3.8) is 0 Å². The van der Waals surface area contributed by atoms with Gasteiger partial charge in [-0.3, -0.25) is 15.0 Å². The lowest BCUT2D eigenvalue weighted by Crippen LogP contribution is -1.96. The van der Waals surface area contributed by atoms with E-state index in [9.17, 15) is 0 Å². The van der Waals surface area contributed by atoms with Gasteiger partial charge in [0.15, 0.2) is 0 Å². The summed E-state index contributed by atoms with van der Waals surface area (Å²) in [6.07, 6.45) is 5.43. The van der Waals surface area contributed by atoms with Crippen molar-refractivity contribution < 1.29 is 0 Å². The largest absolute Gasteiger partial charge is 0.308 e. The minimum Gasteiger partial charge on any atom is -0.308 e. The Balaban J connectivity index is 1.44. The summed E-state index contributed by atoms with van der Waals surface area (Å²) >= 11 is 3.66. The molecule has 6 heteroatoms. The molecule has 0 aliphatic heterocycles. The Labute approximate surface area is 227 Å². The van der Waals surface area contributed by atoms with Gasteiger partial charge in [-0.2, -0.15) is 0 Å². The Kier molecular flexibility index (Phi) is 5.52. The van der Waals surface area contributed by atoms with Gasteiger partial charge in [-0.15, -0.1) is 0 Å². The Morgan fingerprint density at radius 1 is 0.526 bits per heavy atom. The number of hydrogen-bond donors (Lipinski definition) is 0. The molecule has 7 aromatic rings.